The summed E-state index contributed by atoms with van der Waals surface area (Å²) in [4.78, 5) is 26.8. The molecule has 3 N–H and O–H groups in total. The Balaban J connectivity index is 1.51. The minimum absolute atomic E-state index is 0.130. The summed E-state index contributed by atoms with van der Waals surface area (Å²) in [5.41, 5.74) is 2.08. The molecule has 1 amide bonds. The van der Waals surface area contributed by atoms with Crippen molar-refractivity contribution in [3.8, 4) is 11.1 Å². The molecule has 10 heteroatoms. The Morgan fingerprint density at radius 2 is 2.06 bits per heavy atom. The largest absolute Gasteiger partial charge is 0.481 e. The highest BCUT2D eigenvalue weighted by Gasteiger charge is 2.31. The van der Waals surface area contributed by atoms with Crippen LogP contribution in [-0.2, 0) is 11.2 Å². The van der Waals surface area contributed by atoms with E-state index in [1.165, 1.54) is 18.3 Å². The second kappa shape index (κ2) is 11.0. The van der Waals surface area contributed by atoms with Crippen LogP contribution >= 0.6 is 11.6 Å². The monoisotopic (exact) mass is 499 g/mol. The molecule has 1 saturated heterocycles. The Hall–Kier alpha value is -3.30. The van der Waals surface area contributed by atoms with Gasteiger partial charge < -0.3 is 10.4 Å². The molecule has 0 bridgehead atoms. The summed E-state index contributed by atoms with van der Waals surface area (Å²) >= 11 is 6.02. The Bertz CT molecular complexity index is 1170. The van der Waals surface area contributed by atoms with E-state index in [9.17, 15) is 19.1 Å². The van der Waals surface area contributed by atoms with Crippen molar-refractivity contribution in [2.24, 2.45) is 5.92 Å². The first-order chi connectivity index (χ1) is 16.8. The number of aromatic nitrogens is 3. The van der Waals surface area contributed by atoms with Crippen molar-refractivity contribution in [1.82, 2.24) is 25.6 Å². The van der Waals surface area contributed by atoms with Gasteiger partial charge in [-0.05, 0) is 62.1 Å². The first-order valence-corrected chi connectivity index (χ1v) is 11.9. The van der Waals surface area contributed by atoms with Crippen molar-refractivity contribution < 1.29 is 19.1 Å². The molecular weight excluding hydrogens is 473 g/mol. The van der Waals surface area contributed by atoms with Gasteiger partial charge in [-0.2, -0.15) is 15.4 Å². The van der Waals surface area contributed by atoms with Crippen molar-refractivity contribution >= 4 is 23.5 Å². The number of nitrogens with zero attached hydrogens (tertiary/aromatic N) is 3. The summed E-state index contributed by atoms with van der Waals surface area (Å²) in [5, 5.41) is 23.1. The molecule has 35 heavy (non-hydrogen) atoms. The fourth-order valence-electron chi connectivity index (χ4n) is 4.31. The molecule has 0 radical (unpaired) electrons. The first kappa shape index (κ1) is 24.8. The van der Waals surface area contributed by atoms with Gasteiger partial charge in [0.1, 0.15) is 5.82 Å². The summed E-state index contributed by atoms with van der Waals surface area (Å²) in [5.74, 6) is -2.33. The number of likely N-dealkylation sites (tertiary alicyclic amines) is 1. The van der Waals surface area contributed by atoms with E-state index >= 15 is 0 Å². The van der Waals surface area contributed by atoms with E-state index in [0.29, 0.717) is 35.2 Å². The van der Waals surface area contributed by atoms with Crippen molar-refractivity contribution in [2.75, 3.05) is 13.1 Å². The van der Waals surface area contributed by atoms with Crippen LogP contribution in [0.3, 0.4) is 0 Å². The third-order valence-corrected chi connectivity index (χ3v) is 6.72. The van der Waals surface area contributed by atoms with E-state index in [4.69, 9.17) is 11.6 Å². The van der Waals surface area contributed by atoms with E-state index in [1.54, 1.807) is 18.2 Å². The smallest absolute Gasteiger partial charge is 0.307 e. The van der Waals surface area contributed by atoms with Crippen molar-refractivity contribution in [2.45, 2.75) is 38.3 Å². The van der Waals surface area contributed by atoms with Gasteiger partial charge in [0.15, 0.2) is 5.69 Å². The molecule has 0 spiro atoms. The number of halogens is 2. The fraction of sp³-hybridized carbons (Fsp3) is 0.360. The Morgan fingerprint density at radius 3 is 2.66 bits per heavy atom. The third kappa shape index (κ3) is 6.23. The van der Waals surface area contributed by atoms with E-state index in [-0.39, 0.29) is 17.9 Å². The maximum absolute atomic E-state index is 14.2. The standard InChI is InChI=1S/C25H27ClFN5O3/c1-15-8-9-32(15)14-18(25(34)35)11-20(29-24(33)23-13-28-31-30-23)10-16-2-4-17(5-3-16)21-12-19(26)6-7-22(21)27/h2-7,12-13,15,18,20H,8-11,14H2,1H3,(H,29,33)(H,34,35)(H,28,30,31)/t15?,18-,20+/m0/s1. The van der Waals surface area contributed by atoms with Crippen LogP contribution in [0.1, 0.15) is 35.8 Å². The molecule has 2 heterocycles. The number of carboxylic acid groups (broad SMARTS) is 1. The summed E-state index contributed by atoms with van der Waals surface area (Å²) in [6, 6.07) is 11.6. The van der Waals surface area contributed by atoms with Gasteiger partial charge in [-0.15, -0.1) is 0 Å². The molecule has 0 saturated carbocycles. The van der Waals surface area contributed by atoms with Crippen molar-refractivity contribution in [3.63, 3.8) is 0 Å². The lowest BCUT2D eigenvalue weighted by Crippen LogP contribution is -2.50. The number of aliphatic carboxylic acids is 1. The lowest BCUT2D eigenvalue weighted by molar-refractivity contribution is -0.143. The molecule has 2 aromatic carbocycles. The average molecular weight is 500 g/mol. The molecule has 1 aliphatic heterocycles. The van der Waals surface area contributed by atoms with Crippen LogP contribution in [0.15, 0.2) is 48.7 Å². The number of H-pyrrole nitrogens is 1. The van der Waals surface area contributed by atoms with E-state index in [1.807, 2.05) is 12.1 Å². The number of hydrogen-bond acceptors (Lipinski definition) is 5. The van der Waals surface area contributed by atoms with Gasteiger partial charge in [0.05, 0.1) is 12.1 Å². The quantitative estimate of drug-likeness (QED) is 0.391. The van der Waals surface area contributed by atoms with Crippen LogP contribution in [0.4, 0.5) is 4.39 Å². The summed E-state index contributed by atoms with van der Waals surface area (Å²) in [6.07, 6.45) is 3.03. The Labute approximate surface area is 207 Å². The minimum atomic E-state index is -0.892. The maximum Gasteiger partial charge on any atom is 0.307 e. The number of carbonyl (C=O) groups excluding carboxylic acids is 1. The number of amides is 1. The molecular formula is C25H27ClFN5O3. The zero-order valence-corrected chi connectivity index (χ0v) is 20.0. The Kier molecular flexibility index (Phi) is 7.77. The summed E-state index contributed by atoms with van der Waals surface area (Å²) in [6.45, 7) is 3.39. The summed E-state index contributed by atoms with van der Waals surface area (Å²) < 4.78 is 14.2. The van der Waals surface area contributed by atoms with Gasteiger partial charge in [0.2, 0.25) is 0 Å². The van der Waals surface area contributed by atoms with Gasteiger partial charge in [-0.1, -0.05) is 35.9 Å². The SMILES string of the molecule is CC1CCN1C[C@H](C[C@@H](Cc1ccc(-c2cc(Cl)ccc2F)cc1)NC(=O)c1cn[nH]n1)C(=O)O. The van der Waals surface area contributed by atoms with Crippen LogP contribution in [0.2, 0.25) is 5.02 Å². The molecule has 1 aromatic heterocycles. The number of carboxylic acids is 1. The van der Waals surface area contributed by atoms with E-state index < -0.39 is 23.8 Å². The third-order valence-electron chi connectivity index (χ3n) is 6.49. The summed E-state index contributed by atoms with van der Waals surface area (Å²) in [7, 11) is 0. The van der Waals surface area contributed by atoms with Crippen LogP contribution in [0.25, 0.3) is 11.1 Å². The van der Waals surface area contributed by atoms with Gasteiger partial charge in [0, 0.05) is 29.2 Å². The molecule has 8 nitrogen and oxygen atoms in total. The lowest BCUT2D eigenvalue weighted by atomic mass is 9.92. The highest BCUT2D eigenvalue weighted by Crippen LogP contribution is 2.27. The molecule has 0 aliphatic carbocycles. The lowest BCUT2D eigenvalue weighted by Gasteiger charge is -2.40. The predicted molar refractivity (Wildman–Crippen MR) is 130 cm³/mol. The van der Waals surface area contributed by atoms with Crippen molar-refractivity contribution in [3.05, 3.63) is 70.8 Å². The number of rotatable bonds is 10. The highest BCUT2D eigenvalue weighted by molar-refractivity contribution is 6.30. The van der Waals surface area contributed by atoms with Crippen LogP contribution in [0, 0.1) is 11.7 Å². The van der Waals surface area contributed by atoms with Crippen LogP contribution in [-0.4, -0.2) is 62.5 Å². The fourth-order valence-corrected chi connectivity index (χ4v) is 4.48. The van der Waals surface area contributed by atoms with Gasteiger partial charge in [-0.3, -0.25) is 14.5 Å². The number of benzene rings is 2. The Morgan fingerprint density at radius 1 is 1.29 bits per heavy atom. The van der Waals surface area contributed by atoms with Crippen LogP contribution in [0.5, 0.6) is 0 Å². The van der Waals surface area contributed by atoms with Crippen molar-refractivity contribution in [1.29, 1.82) is 0 Å². The van der Waals surface area contributed by atoms with Gasteiger partial charge in [-0.25, -0.2) is 4.39 Å². The number of nitrogens with one attached hydrogen (secondary N) is 2. The topological polar surface area (TPSA) is 111 Å². The molecule has 3 atom stereocenters. The predicted octanol–water partition coefficient (Wildman–Crippen LogP) is 3.79. The molecule has 1 aliphatic rings. The van der Waals surface area contributed by atoms with Gasteiger partial charge in [0.25, 0.3) is 5.91 Å². The molecule has 1 fully saturated rings. The molecule has 3 aromatic rings. The number of hydrogen-bond donors (Lipinski definition) is 3. The van der Waals surface area contributed by atoms with E-state index in [0.717, 1.165) is 18.5 Å². The van der Waals surface area contributed by atoms with Gasteiger partial charge >= 0.3 is 5.97 Å². The second-order valence-corrected chi connectivity index (χ2v) is 9.39. The number of carbonyl (C=O) groups is 2. The molecule has 4 rings (SSSR count). The second-order valence-electron chi connectivity index (χ2n) is 8.95. The normalized spacial score (nSPS) is 17.4. The van der Waals surface area contributed by atoms with Crippen LogP contribution < -0.4 is 5.32 Å². The van der Waals surface area contributed by atoms with E-state index in [2.05, 4.69) is 32.6 Å². The molecule has 184 valence electrons. The zero-order chi connectivity index (χ0) is 24.9. The highest BCUT2D eigenvalue weighted by atomic mass is 35.5. The maximum atomic E-state index is 14.2. The number of aromatic amines is 1. The minimum Gasteiger partial charge on any atom is -0.481 e. The molecule has 1 unspecified atom stereocenters. The zero-order valence-electron chi connectivity index (χ0n) is 19.2. The average Bonchev–Trinajstić information content (AvgIpc) is 3.38. The first-order valence-electron chi connectivity index (χ1n) is 11.5.